The molecule has 0 saturated heterocycles. The van der Waals surface area contributed by atoms with E-state index in [9.17, 15) is 9.50 Å². The van der Waals surface area contributed by atoms with Crippen LogP contribution in [-0.4, -0.2) is 32.1 Å². The van der Waals surface area contributed by atoms with Crippen LogP contribution in [0.15, 0.2) is 25.3 Å². The first-order valence-electron chi connectivity index (χ1n) is 5.95. The average Bonchev–Trinajstić information content (AvgIpc) is 2.84. The number of rotatable bonds is 8. The third-order valence-corrected chi connectivity index (χ3v) is 2.99. The summed E-state index contributed by atoms with van der Waals surface area (Å²) in [6.45, 7) is 5.29. The molecule has 1 N–H and O–H groups in total. The molecule has 0 aliphatic heterocycles. The average molecular weight is 241 g/mol. The van der Waals surface area contributed by atoms with E-state index in [0.717, 1.165) is 19.3 Å². The van der Waals surface area contributed by atoms with E-state index < -0.39 is 11.7 Å². The minimum Gasteiger partial charge on any atom is -0.394 e. The Bertz CT molecular complexity index is 329. The van der Waals surface area contributed by atoms with Gasteiger partial charge in [-0.1, -0.05) is 32.4 Å². The molecule has 1 rings (SSSR count). The summed E-state index contributed by atoms with van der Waals surface area (Å²) in [4.78, 5) is 3.78. The summed E-state index contributed by atoms with van der Waals surface area (Å²) in [6.07, 6.45) is 7.12. The maximum Gasteiger partial charge on any atom is 0.153 e. The highest BCUT2D eigenvalue weighted by Gasteiger charge is 2.37. The van der Waals surface area contributed by atoms with Gasteiger partial charge in [-0.2, -0.15) is 5.10 Å². The van der Waals surface area contributed by atoms with Crippen LogP contribution in [0, 0.1) is 0 Å². The summed E-state index contributed by atoms with van der Waals surface area (Å²) < 4.78 is 16.1. The van der Waals surface area contributed by atoms with Crippen molar-refractivity contribution in [3.05, 3.63) is 25.3 Å². The van der Waals surface area contributed by atoms with Crippen LogP contribution in [0.3, 0.4) is 0 Å². The Morgan fingerprint density at radius 1 is 1.59 bits per heavy atom. The van der Waals surface area contributed by atoms with E-state index in [1.807, 2.05) is 0 Å². The zero-order chi connectivity index (χ0) is 12.7. The Balaban J connectivity index is 2.78. The molecule has 17 heavy (non-hydrogen) atoms. The van der Waals surface area contributed by atoms with Gasteiger partial charge in [0.05, 0.1) is 6.61 Å². The quantitative estimate of drug-likeness (QED) is 0.561. The summed E-state index contributed by atoms with van der Waals surface area (Å²) >= 11 is 0. The van der Waals surface area contributed by atoms with Crippen molar-refractivity contribution in [1.82, 2.24) is 14.8 Å². The number of aliphatic hydroxyl groups excluding tert-OH is 1. The molecular weight excluding hydrogens is 221 g/mol. The first-order valence-corrected chi connectivity index (χ1v) is 5.95. The van der Waals surface area contributed by atoms with Crippen LogP contribution in [0.2, 0.25) is 0 Å². The largest absolute Gasteiger partial charge is 0.394 e. The summed E-state index contributed by atoms with van der Waals surface area (Å²) in [7, 11) is 0. The van der Waals surface area contributed by atoms with E-state index in [4.69, 9.17) is 0 Å². The van der Waals surface area contributed by atoms with Gasteiger partial charge in [0.15, 0.2) is 5.67 Å². The lowest BCUT2D eigenvalue weighted by Crippen LogP contribution is -2.36. The molecule has 0 fully saturated rings. The van der Waals surface area contributed by atoms with Crippen molar-refractivity contribution in [2.45, 2.75) is 44.3 Å². The fraction of sp³-hybridized carbons (Fsp3) is 0.667. The van der Waals surface area contributed by atoms with E-state index in [1.54, 1.807) is 0 Å². The highest BCUT2D eigenvalue weighted by atomic mass is 19.1. The third-order valence-electron chi connectivity index (χ3n) is 2.99. The molecule has 2 unspecified atom stereocenters. The smallest absolute Gasteiger partial charge is 0.153 e. The summed E-state index contributed by atoms with van der Waals surface area (Å²) in [5.41, 5.74) is -1.64. The third kappa shape index (κ3) is 3.36. The molecule has 0 amide bonds. The maximum atomic E-state index is 14.7. The lowest BCUT2D eigenvalue weighted by molar-refractivity contribution is 0.0701. The fourth-order valence-corrected chi connectivity index (χ4v) is 1.88. The van der Waals surface area contributed by atoms with Crippen molar-refractivity contribution in [3.63, 3.8) is 0 Å². The topological polar surface area (TPSA) is 50.9 Å². The van der Waals surface area contributed by atoms with E-state index in [2.05, 4.69) is 23.6 Å². The fourth-order valence-electron chi connectivity index (χ4n) is 1.88. The number of hydrogen-bond acceptors (Lipinski definition) is 3. The number of nitrogens with zero attached hydrogens (tertiary/aromatic N) is 3. The minimum absolute atomic E-state index is 0.321. The molecule has 5 heteroatoms. The molecule has 0 aliphatic rings. The predicted molar refractivity (Wildman–Crippen MR) is 64.3 cm³/mol. The maximum absolute atomic E-state index is 14.7. The van der Waals surface area contributed by atoms with Gasteiger partial charge in [-0.15, -0.1) is 0 Å². The molecule has 0 saturated carbocycles. The lowest BCUT2D eigenvalue weighted by Gasteiger charge is -2.29. The molecule has 0 bridgehead atoms. The van der Waals surface area contributed by atoms with Gasteiger partial charge >= 0.3 is 0 Å². The molecule has 0 aromatic carbocycles. The van der Waals surface area contributed by atoms with Crippen LogP contribution < -0.4 is 0 Å². The monoisotopic (exact) mass is 241 g/mol. The Hall–Kier alpha value is -1.23. The van der Waals surface area contributed by atoms with E-state index in [0.29, 0.717) is 6.42 Å². The van der Waals surface area contributed by atoms with E-state index in [1.165, 1.54) is 23.4 Å². The second-order valence-corrected chi connectivity index (χ2v) is 4.16. The number of unbranched alkanes of at least 4 members (excludes halogenated alkanes) is 2. The highest BCUT2D eigenvalue weighted by Crippen LogP contribution is 2.32. The molecular formula is C12H20FN3O. The van der Waals surface area contributed by atoms with Crippen LogP contribution in [0.5, 0.6) is 0 Å². The van der Waals surface area contributed by atoms with Gasteiger partial charge in [-0.05, 0) is 12.8 Å². The summed E-state index contributed by atoms with van der Waals surface area (Å²) in [5.74, 6) is 0. The second kappa shape index (κ2) is 6.49. The molecule has 1 aromatic heterocycles. The van der Waals surface area contributed by atoms with Crippen molar-refractivity contribution in [2.75, 3.05) is 6.61 Å². The van der Waals surface area contributed by atoms with Gasteiger partial charge in [0.1, 0.15) is 18.7 Å². The number of halogens is 1. The van der Waals surface area contributed by atoms with Gasteiger partial charge in [-0.3, -0.25) is 0 Å². The standard InChI is InChI=1S/C12H20FN3O/c1-3-5-6-7-12(13,4-2)11(8-17)16-10-14-9-15-16/h4,9-11,17H,2-3,5-8H2,1H3. The number of aromatic nitrogens is 3. The van der Waals surface area contributed by atoms with Gasteiger partial charge < -0.3 is 5.11 Å². The Kier molecular flexibility index (Phi) is 5.28. The normalized spacial score (nSPS) is 16.4. The van der Waals surface area contributed by atoms with Gasteiger partial charge in [0, 0.05) is 0 Å². The predicted octanol–water partition coefficient (Wildman–Crippen LogP) is 2.29. The number of hydrogen-bond donors (Lipinski definition) is 1. The summed E-state index contributed by atoms with van der Waals surface area (Å²) in [6, 6.07) is -0.751. The van der Waals surface area contributed by atoms with Crippen molar-refractivity contribution >= 4 is 0 Å². The van der Waals surface area contributed by atoms with Crippen LogP contribution in [0.1, 0.15) is 38.6 Å². The molecule has 1 aromatic rings. The van der Waals surface area contributed by atoms with Crippen molar-refractivity contribution in [2.24, 2.45) is 0 Å². The minimum atomic E-state index is -1.64. The van der Waals surface area contributed by atoms with E-state index in [-0.39, 0.29) is 6.61 Å². The van der Waals surface area contributed by atoms with Crippen molar-refractivity contribution in [1.29, 1.82) is 0 Å². The van der Waals surface area contributed by atoms with Crippen LogP contribution in [0.4, 0.5) is 4.39 Å². The number of aliphatic hydroxyl groups is 1. The Labute approximate surface area is 101 Å². The lowest BCUT2D eigenvalue weighted by atomic mass is 9.90. The molecule has 2 atom stereocenters. The molecule has 0 aliphatic carbocycles. The summed E-state index contributed by atoms with van der Waals surface area (Å²) in [5, 5.41) is 13.2. The Morgan fingerprint density at radius 2 is 2.35 bits per heavy atom. The number of allylic oxidation sites excluding steroid dienone is 1. The van der Waals surface area contributed by atoms with Crippen molar-refractivity contribution < 1.29 is 9.50 Å². The first kappa shape index (κ1) is 13.8. The second-order valence-electron chi connectivity index (χ2n) is 4.16. The molecule has 1 heterocycles. The molecule has 4 nitrogen and oxygen atoms in total. The van der Waals surface area contributed by atoms with Crippen LogP contribution in [-0.2, 0) is 0 Å². The molecule has 0 spiro atoms. The Morgan fingerprint density at radius 3 is 2.82 bits per heavy atom. The van der Waals surface area contributed by atoms with Gasteiger partial charge in [0.25, 0.3) is 0 Å². The molecule has 96 valence electrons. The first-order chi connectivity index (χ1) is 8.18. The molecule has 0 radical (unpaired) electrons. The van der Waals surface area contributed by atoms with Gasteiger partial charge in [0.2, 0.25) is 0 Å². The number of alkyl halides is 1. The van der Waals surface area contributed by atoms with Gasteiger partial charge in [-0.25, -0.2) is 14.1 Å². The van der Waals surface area contributed by atoms with Crippen molar-refractivity contribution in [3.8, 4) is 0 Å². The van der Waals surface area contributed by atoms with E-state index >= 15 is 0 Å². The van der Waals surface area contributed by atoms with Crippen LogP contribution >= 0.6 is 0 Å². The zero-order valence-electron chi connectivity index (χ0n) is 10.2. The highest BCUT2D eigenvalue weighted by molar-refractivity contribution is 5.03. The zero-order valence-corrected chi connectivity index (χ0v) is 10.2. The van der Waals surface area contributed by atoms with Crippen LogP contribution in [0.25, 0.3) is 0 Å². The SMILES string of the molecule is C=CC(F)(CCCCC)C(CO)n1cncn1.